The van der Waals surface area contributed by atoms with Gasteiger partial charge in [-0.05, 0) is 37.9 Å². The molecule has 0 aromatic heterocycles. The first kappa shape index (κ1) is 11.1. The fraction of sp³-hybridized carbons (Fsp3) is 0.900. The van der Waals surface area contributed by atoms with Crippen LogP contribution >= 0.6 is 11.2 Å². The maximum atomic E-state index is 10.4. The molecule has 1 rings (SSSR count). The number of hydrogen-bond donors (Lipinski definition) is 1. The van der Waals surface area contributed by atoms with E-state index in [0.717, 1.165) is 24.4 Å². The van der Waals surface area contributed by atoms with Crippen LogP contribution in [0.2, 0.25) is 0 Å². The van der Waals surface area contributed by atoms with Crippen LogP contribution in [0.4, 0.5) is 0 Å². The molecule has 78 valence electrons. The number of rotatable bonds is 4. The molecule has 13 heavy (non-hydrogen) atoms. The molecule has 0 radical (unpaired) electrons. The first-order chi connectivity index (χ1) is 6.26. The monoisotopic (exact) mass is 204 g/mol. The second-order valence-electron chi connectivity index (χ2n) is 3.81. The van der Waals surface area contributed by atoms with Gasteiger partial charge in [-0.25, -0.2) is 0 Å². The van der Waals surface area contributed by atoms with Gasteiger partial charge in [0.25, 0.3) is 0 Å². The highest BCUT2D eigenvalue weighted by Gasteiger charge is 2.21. The molecule has 2 nitrogen and oxygen atoms in total. The van der Waals surface area contributed by atoms with Crippen molar-refractivity contribution in [2.45, 2.75) is 45.1 Å². The maximum Gasteiger partial charge on any atom is 0.178 e. The highest BCUT2D eigenvalue weighted by molar-refractivity contribution is 8.23. The minimum Gasteiger partial charge on any atom is -0.330 e. The molecule has 0 amide bonds. The van der Waals surface area contributed by atoms with Gasteiger partial charge in [0.05, 0.1) is 6.10 Å². The molecule has 0 aromatic carbocycles. The van der Waals surface area contributed by atoms with Crippen LogP contribution in [0.3, 0.4) is 0 Å². The molecule has 1 saturated carbocycles. The second kappa shape index (κ2) is 5.66. The van der Waals surface area contributed by atoms with E-state index in [0.29, 0.717) is 6.10 Å². The molecule has 0 heterocycles. The van der Waals surface area contributed by atoms with Crippen molar-refractivity contribution >= 4 is 16.8 Å². The third-order valence-corrected chi connectivity index (χ3v) is 3.76. The van der Waals surface area contributed by atoms with Crippen LogP contribution in [-0.4, -0.2) is 18.0 Å². The largest absolute Gasteiger partial charge is 0.330 e. The smallest absolute Gasteiger partial charge is 0.178 e. The van der Waals surface area contributed by atoms with Crippen LogP contribution in [0.1, 0.15) is 39.0 Å². The van der Waals surface area contributed by atoms with E-state index in [1.807, 2.05) is 6.26 Å². The van der Waals surface area contributed by atoms with Crippen molar-refractivity contribution in [2.75, 3.05) is 6.26 Å². The van der Waals surface area contributed by atoms with Crippen LogP contribution in [0.15, 0.2) is 0 Å². The Hall–Kier alpha value is -0.0200. The van der Waals surface area contributed by atoms with E-state index in [4.69, 9.17) is 4.18 Å². The second-order valence-corrected chi connectivity index (χ2v) is 5.32. The fourth-order valence-electron chi connectivity index (χ4n) is 1.91. The van der Waals surface area contributed by atoms with Crippen molar-refractivity contribution in [1.29, 1.82) is 0 Å². The highest BCUT2D eigenvalue weighted by Crippen LogP contribution is 2.32. The molecular formula is C10H20O2S. The van der Waals surface area contributed by atoms with Gasteiger partial charge in [-0.2, -0.15) is 0 Å². The van der Waals surface area contributed by atoms with E-state index in [1.165, 1.54) is 19.3 Å². The van der Waals surface area contributed by atoms with E-state index < -0.39 is 11.2 Å². The molecule has 1 atom stereocenters. The Morgan fingerprint density at radius 3 is 2.46 bits per heavy atom. The van der Waals surface area contributed by atoms with Gasteiger partial charge < -0.3 is 4.18 Å². The zero-order chi connectivity index (χ0) is 9.68. The van der Waals surface area contributed by atoms with Crippen molar-refractivity contribution in [2.24, 2.45) is 5.92 Å². The maximum absolute atomic E-state index is 10.4. The molecule has 0 aromatic rings. The summed E-state index contributed by atoms with van der Waals surface area (Å²) in [7, 11) is 0. The van der Waals surface area contributed by atoms with Gasteiger partial charge in [0.1, 0.15) is 0 Å². The molecule has 0 N–H and O–H groups in total. The summed E-state index contributed by atoms with van der Waals surface area (Å²) in [5.41, 5.74) is 0.946. The van der Waals surface area contributed by atoms with Crippen molar-refractivity contribution in [1.82, 2.24) is 0 Å². The Morgan fingerprint density at radius 2 is 2.00 bits per heavy atom. The zero-order valence-electron chi connectivity index (χ0n) is 8.53. The normalized spacial score (nSPS) is 32.6. The van der Waals surface area contributed by atoms with Crippen LogP contribution < -0.4 is 0 Å². The summed E-state index contributed by atoms with van der Waals surface area (Å²) in [5.74, 6) is 0.902. The lowest BCUT2D eigenvalue weighted by Crippen LogP contribution is -2.20. The standard InChI is InChI=1S/C10H20O2S/c1-3-9-4-6-10(7-5-9)12-13(2)8-11/h8-10,13H,3-7H2,1-2H3. The van der Waals surface area contributed by atoms with E-state index in [-0.39, 0.29) is 0 Å². The molecule has 1 unspecified atom stereocenters. The van der Waals surface area contributed by atoms with Crippen LogP contribution in [-0.2, 0) is 8.98 Å². The molecule has 0 spiro atoms. The molecule has 0 saturated heterocycles. The minimum absolute atomic E-state index is 0.365. The molecular weight excluding hydrogens is 184 g/mol. The SMILES string of the molecule is CCC1CCC(O[SH](C)C=O)CC1. The topological polar surface area (TPSA) is 26.3 Å². The van der Waals surface area contributed by atoms with Crippen molar-refractivity contribution < 1.29 is 8.98 Å². The average Bonchev–Trinajstić information content (AvgIpc) is 2.19. The van der Waals surface area contributed by atoms with Crippen molar-refractivity contribution in [3.8, 4) is 0 Å². The van der Waals surface area contributed by atoms with Gasteiger partial charge in [-0.1, -0.05) is 24.5 Å². The highest BCUT2D eigenvalue weighted by atomic mass is 32.2. The lowest BCUT2D eigenvalue weighted by atomic mass is 9.86. The quantitative estimate of drug-likeness (QED) is 0.563. The van der Waals surface area contributed by atoms with Gasteiger partial charge in [0.15, 0.2) is 5.62 Å². The minimum atomic E-state index is -0.800. The van der Waals surface area contributed by atoms with Gasteiger partial charge in [0.2, 0.25) is 0 Å². The number of carbonyl (C=O) groups excluding carboxylic acids is 1. The lowest BCUT2D eigenvalue weighted by molar-refractivity contribution is 0.153. The molecule has 0 aliphatic heterocycles. The Bertz CT molecular complexity index is 153. The first-order valence-corrected chi connectivity index (χ1v) is 6.88. The summed E-state index contributed by atoms with van der Waals surface area (Å²) < 4.78 is 5.63. The average molecular weight is 204 g/mol. The number of hydrogen-bond acceptors (Lipinski definition) is 2. The van der Waals surface area contributed by atoms with E-state index >= 15 is 0 Å². The predicted molar refractivity (Wildman–Crippen MR) is 58.8 cm³/mol. The van der Waals surface area contributed by atoms with Gasteiger partial charge >= 0.3 is 0 Å². The van der Waals surface area contributed by atoms with Crippen molar-refractivity contribution in [3.05, 3.63) is 0 Å². The van der Waals surface area contributed by atoms with E-state index in [9.17, 15) is 4.79 Å². The Balaban J connectivity index is 2.21. The molecule has 1 aliphatic rings. The molecule has 0 bridgehead atoms. The summed E-state index contributed by atoms with van der Waals surface area (Å²) >= 11 is -0.800. The van der Waals surface area contributed by atoms with Crippen LogP contribution in [0.25, 0.3) is 0 Å². The Kier molecular flexibility index (Phi) is 4.81. The molecule has 3 heteroatoms. The summed E-state index contributed by atoms with van der Waals surface area (Å²) in [6.45, 7) is 2.25. The van der Waals surface area contributed by atoms with Crippen LogP contribution in [0.5, 0.6) is 0 Å². The van der Waals surface area contributed by atoms with E-state index in [1.54, 1.807) is 0 Å². The third-order valence-electron chi connectivity index (χ3n) is 2.83. The Labute approximate surface area is 83.6 Å². The third kappa shape index (κ3) is 3.69. The summed E-state index contributed by atoms with van der Waals surface area (Å²) in [5, 5.41) is 0. The van der Waals surface area contributed by atoms with Crippen molar-refractivity contribution in [3.63, 3.8) is 0 Å². The number of carbonyl (C=O) groups is 1. The lowest BCUT2D eigenvalue weighted by Gasteiger charge is -2.29. The predicted octanol–water partition coefficient (Wildman–Crippen LogP) is 2.71. The zero-order valence-corrected chi connectivity index (χ0v) is 9.43. The summed E-state index contributed by atoms with van der Waals surface area (Å²) in [6, 6.07) is 0. The number of thiol groups is 1. The van der Waals surface area contributed by atoms with E-state index in [2.05, 4.69) is 6.92 Å². The fourth-order valence-corrected chi connectivity index (χ4v) is 2.64. The first-order valence-electron chi connectivity index (χ1n) is 5.11. The van der Waals surface area contributed by atoms with Gasteiger partial charge in [-0.3, -0.25) is 4.79 Å². The Morgan fingerprint density at radius 1 is 1.38 bits per heavy atom. The molecule has 1 aliphatic carbocycles. The summed E-state index contributed by atoms with van der Waals surface area (Å²) in [6.07, 6.45) is 8.41. The molecule has 1 fully saturated rings. The van der Waals surface area contributed by atoms with Gasteiger partial charge in [0, 0.05) is 0 Å². The summed E-state index contributed by atoms with van der Waals surface area (Å²) in [4.78, 5) is 10.4. The van der Waals surface area contributed by atoms with Crippen LogP contribution in [0, 0.1) is 5.92 Å². The van der Waals surface area contributed by atoms with Gasteiger partial charge in [-0.15, -0.1) is 0 Å².